The maximum absolute atomic E-state index is 12.8. The first kappa shape index (κ1) is 49.0. The van der Waals surface area contributed by atoms with Gasteiger partial charge < -0.3 is 50.8 Å². The number of nitrogens with one attached hydrogen (secondary N) is 4. The fraction of sp³-hybridized carbons (Fsp3) is 0.442. The number of nitrogens with two attached hydrogens (primary N) is 1. The van der Waals surface area contributed by atoms with Gasteiger partial charge in [0.25, 0.3) is 0 Å². The Morgan fingerprint density at radius 2 is 1.15 bits per heavy atom. The number of hydrogen-bond donors (Lipinski definition) is 5. The first-order chi connectivity index (χ1) is 28.2. The summed E-state index contributed by atoms with van der Waals surface area (Å²) in [4.78, 5) is 95.7. The van der Waals surface area contributed by atoms with Crippen LogP contribution in [0.1, 0.15) is 83.3 Å². The summed E-state index contributed by atoms with van der Waals surface area (Å²) in [6, 6.07) is 12.4. The third-order valence-corrected chi connectivity index (χ3v) is 9.03. The average molecular weight is 820 g/mol. The zero-order valence-electron chi connectivity index (χ0n) is 34.2. The van der Waals surface area contributed by atoms with Crippen molar-refractivity contribution in [3.8, 4) is 11.1 Å². The molecule has 6 N–H and O–H groups in total. The van der Waals surface area contributed by atoms with Gasteiger partial charge in [-0.1, -0.05) is 87.7 Å². The number of carbonyl (C=O) groups is 8. The minimum absolute atomic E-state index is 0.0409. The van der Waals surface area contributed by atoms with E-state index in [4.69, 9.17) is 19.9 Å². The Morgan fingerprint density at radius 1 is 0.678 bits per heavy atom. The molecular formula is C43H57N5O11. The second kappa shape index (κ2) is 26.0. The Bertz CT molecular complexity index is 1770. The number of rotatable bonds is 23. The lowest BCUT2D eigenvalue weighted by molar-refractivity contribution is -0.147. The summed E-state index contributed by atoms with van der Waals surface area (Å²) in [5.41, 5.74) is 9.92. The van der Waals surface area contributed by atoms with Crippen molar-refractivity contribution in [2.45, 2.75) is 96.3 Å². The molecular weight excluding hydrogens is 762 g/mol. The van der Waals surface area contributed by atoms with Gasteiger partial charge in [-0.15, -0.1) is 0 Å². The highest BCUT2D eigenvalue weighted by Crippen LogP contribution is 2.44. The number of ketones is 2. The van der Waals surface area contributed by atoms with Crippen LogP contribution in [-0.4, -0.2) is 97.9 Å². The van der Waals surface area contributed by atoms with Gasteiger partial charge in [-0.2, -0.15) is 0 Å². The van der Waals surface area contributed by atoms with E-state index in [1.165, 1.54) is 26.0 Å². The minimum atomic E-state index is -1.05. The van der Waals surface area contributed by atoms with Gasteiger partial charge in [0, 0.05) is 18.8 Å². The molecule has 0 aliphatic heterocycles. The zero-order chi connectivity index (χ0) is 43.9. The van der Waals surface area contributed by atoms with Crippen LogP contribution in [0.4, 0.5) is 4.79 Å². The van der Waals surface area contributed by atoms with Crippen molar-refractivity contribution < 1.29 is 52.6 Å². The predicted molar refractivity (Wildman–Crippen MR) is 220 cm³/mol. The lowest BCUT2D eigenvalue weighted by Crippen LogP contribution is -2.53. The Morgan fingerprint density at radius 3 is 1.59 bits per heavy atom. The summed E-state index contributed by atoms with van der Waals surface area (Å²) in [6.45, 7) is 12.9. The fourth-order valence-corrected chi connectivity index (χ4v) is 5.81. The van der Waals surface area contributed by atoms with Crippen LogP contribution in [0, 0.1) is 0 Å². The van der Waals surface area contributed by atoms with Crippen molar-refractivity contribution in [2.24, 2.45) is 5.73 Å². The maximum atomic E-state index is 12.8. The quantitative estimate of drug-likeness (QED) is 0.0617. The highest BCUT2D eigenvalue weighted by molar-refractivity contribution is 5.92. The maximum Gasteiger partial charge on any atom is 0.407 e. The largest absolute Gasteiger partial charge is 0.460 e. The van der Waals surface area contributed by atoms with E-state index in [0.29, 0.717) is 6.42 Å². The third kappa shape index (κ3) is 16.7. The molecule has 4 amide bonds. The molecule has 16 nitrogen and oxygen atoms in total. The summed E-state index contributed by atoms with van der Waals surface area (Å²) < 4.78 is 15.3. The van der Waals surface area contributed by atoms with Crippen LogP contribution in [0.25, 0.3) is 11.1 Å². The van der Waals surface area contributed by atoms with Crippen LogP contribution in [0.2, 0.25) is 0 Å². The van der Waals surface area contributed by atoms with Gasteiger partial charge in [-0.25, -0.2) is 14.4 Å². The number of carbonyl (C=O) groups excluding carboxylic acids is 8. The van der Waals surface area contributed by atoms with Gasteiger partial charge in [0.05, 0.1) is 6.04 Å². The van der Waals surface area contributed by atoms with E-state index >= 15 is 0 Å². The van der Waals surface area contributed by atoms with Gasteiger partial charge in [-0.3, -0.25) is 14.4 Å². The van der Waals surface area contributed by atoms with Crippen molar-refractivity contribution in [3.63, 3.8) is 0 Å². The van der Waals surface area contributed by atoms with Crippen LogP contribution >= 0.6 is 0 Å². The highest BCUT2D eigenvalue weighted by atomic mass is 16.6. The van der Waals surface area contributed by atoms with Crippen LogP contribution in [-0.2, 0) is 47.8 Å². The van der Waals surface area contributed by atoms with Crippen LogP contribution in [0.3, 0.4) is 0 Å². The van der Waals surface area contributed by atoms with E-state index in [2.05, 4.69) is 34.4 Å². The van der Waals surface area contributed by atoms with Crippen LogP contribution in [0.5, 0.6) is 0 Å². The molecule has 0 aromatic heterocycles. The number of alkyl carbamates (subject to hydrolysis) is 1. The molecule has 59 heavy (non-hydrogen) atoms. The number of fused-ring (bicyclic) bond motifs is 3. The van der Waals surface area contributed by atoms with Gasteiger partial charge in [0.15, 0.2) is 0 Å². The van der Waals surface area contributed by atoms with E-state index in [0.717, 1.165) is 22.3 Å². The molecule has 4 unspecified atom stereocenters. The van der Waals surface area contributed by atoms with Crippen molar-refractivity contribution in [1.82, 2.24) is 21.3 Å². The number of ether oxygens (including phenoxy) is 3. The SMILES string of the molecule is C=CCOC(=O)C(CCC(C)=O)NC(=O)C(CC)NC(=O)CNC(=O)OCC1c2ccccc2-c2ccccc21.C=CCOC(=O)C(CCC(C)=O)NC(=O)C(N)CC. The Kier molecular flexibility index (Phi) is 21.6. The summed E-state index contributed by atoms with van der Waals surface area (Å²) in [5, 5.41) is 10.0. The molecule has 16 heteroatoms. The molecule has 1 aliphatic rings. The van der Waals surface area contributed by atoms with E-state index < -0.39 is 66.5 Å². The second-order valence-corrected chi connectivity index (χ2v) is 13.7. The molecule has 0 radical (unpaired) electrons. The molecule has 320 valence electrons. The lowest BCUT2D eigenvalue weighted by atomic mass is 9.98. The zero-order valence-corrected chi connectivity index (χ0v) is 34.2. The number of esters is 2. The van der Waals surface area contributed by atoms with Crippen molar-refractivity contribution in [2.75, 3.05) is 26.4 Å². The molecule has 0 saturated carbocycles. The Labute approximate surface area is 345 Å². The molecule has 0 bridgehead atoms. The molecule has 1 aliphatic carbocycles. The number of amides is 4. The molecule has 3 rings (SSSR count). The average Bonchev–Trinajstić information content (AvgIpc) is 3.55. The standard InChI is InChI=1S/C30H35N3O7.C13H22N2O4/c1-4-16-39-29(37)26(15-14-19(3)34)33-28(36)25(5-2)32-27(35)17-31-30(38)40-18-24-22-12-8-6-10-20(22)21-11-7-9-13-23(21)24;1-4-8-19-13(18)11(7-6-9(3)16)15-12(17)10(14)5-2/h4,6-13,24-26H,1,5,14-18H2,2-3H3,(H,31,38)(H,32,35)(H,33,36);4,10-11H,1,5-8,14H2,2-3H3,(H,15,17). The van der Waals surface area contributed by atoms with Crippen molar-refractivity contribution in [3.05, 3.63) is 85.0 Å². The Hall–Kier alpha value is -6.16. The van der Waals surface area contributed by atoms with E-state index in [1.807, 2.05) is 48.5 Å². The highest BCUT2D eigenvalue weighted by Gasteiger charge is 2.30. The summed E-state index contributed by atoms with van der Waals surface area (Å²) in [7, 11) is 0. The molecule has 0 fully saturated rings. The molecule has 0 heterocycles. The van der Waals surface area contributed by atoms with Gasteiger partial charge in [-0.05, 0) is 61.8 Å². The van der Waals surface area contributed by atoms with E-state index in [1.54, 1.807) is 13.8 Å². The number of benzene rings is 2. The van der Waals surface area contributed by atoms with Gasteiger partial charge in [0.1, 0.15) is 56.1 Å². The van der Waals surface area contributed by atoms with E-state index in [-0.39, 0.29) is 69.4 Å². The summed E-state index contributed by atoms with van der Waals surface area (Å²) in [5.74, 6) is -3.25. The Balaban J connectivity index is 0.000000532. The lowest BCUT2D eigenvalue weighted by Gasteiger charge is -2.21. The first-order valence-electron chi connectivity index (χ1n) is 19.5. The summed E-state index contributed by atoms with van der Waals surface area (Å²) >= 11 is 0. The molecule has 2 aromatic carbocycles. The fourth-order valence-electron chi connectivity index (χ4n) is 5.81. The third-order valence-electron chi connectivity index (χ3n) is 9.03. The van der Waals surface area contributed by atoms with Gasteiger partial charge >= 0.3 is 18.0 Å². The van der Waals surface area contributed by atoms with Gasteiger partial charge in [0.2, 0.25) is 17.7 Å². The first-order valence-corrected chi connectivity index (χ1v) is 19.5. The minimum Gasteiger partial charge on any atom is -0.460 e. The normalized spacial score (nSPS) is 13.2. The van der Waals surface area contributed by atoms with Crippen molar-refractivity contribution in [1.29, 1.82) is 0 Å². The molecule has 4 atom stereocenters. The molecule has 2 aromatic rings. The number of hydrogen-bond acceptors (Lipinski definition) is 12. The smallest absolute Gasteiger partial charge is 0.407 e. The molecule has 0 spiro atoms. The predicted octanol–water partition coefficient (Wildman–Crippen LogP) is 3.31. The van der Waals surface area contributed by atoms with Crippen LogP contribution in [0.15, 0.2) is 73.8 Å². The second-order valence-electron chi connectivity index (χ2n) is 13.7. The van der Waals surface area contributed by atoms with E-state index in [9.17, 15) is 38.4 Å². The topological polar surface area (TPSA) is 238 Å². The number of Topliss-reactive ketones (excluding diaryl/α,β-unsaturated/α-hetero) is 2. The van der Waals surface area contributed by atoms with Crippen molar-refractivity contribution >= 4 is 47.3 Å². The van der Waals surface area contributed by atoms with Crippen LogP contribution < -0.4 is 27.0 Å². The molecule has 0 saturated heterocycles. The summed E-state index contributed by atoms with van der Waals surface area (Å²) in [6.07, 6.45) is 3.27. The monoisotopic (exact) mass is 819 g/mol.